The van der Waals surface area contributed by atoms with Crippen molar-refractivity contribution < 1.29 is 9.59 Å². The third kappa shape index (κ3) is 3.61. The van der Waals surface area contributed by atoms with E-state index in [2.05, 4.69) is 48.5 Å². The minimum atomic E-state index is -0.116. The van der Waals surface area contributed by atoms with Gasteiger partial charge in [-0.2, -0.15) is 0 Å². The molecule has 0 unspecified atom stereocenters. The minimum absolute atomic E-state index is 0.00653. The van der Waals surface area contributed by atoms with Crippen molar-refractivity contribution in [2.45, 2.75) is 44.2 Å². The Morgan fingerprint density at radius 1 is 1.04 bits per heavy atom. The van der Waals surface area contributed by atoms with E-state index in [0.29, 0.717) is 11.6 Å². The van der Waals surface area contributed by atoms with Crippen LogP contribution in [-0.2, 0) is 4.79 Å². The van der Waals surface area contributed by atoms with Gasteiger partial charge in [0.05, 0.1) is 12.5 Å². The zero-order chi connectivity index (χ0) is 19.7. The summed E-state index contributed by atoms with van der Waals surface area (Å²) >= 11 is 0. The summed E-state index contributed by atoms with van der Waals surface area (Å²) < 4.78 is 0. The Hall–Kier alpha value is -2.46. The maximum Gasteiger partial charge on any atom is 0.225 e. The lowest BCUT2D eigenvalue weighted by atomic mass is 9.75. The number of hydrogen-bond donors (Lipinski definition) is 1. The maximum absolute atomic E-state index is 13.2. The minimum Gasteiger partial charge on any atom is -0.348 e. The molecule has 2 aliphatic heterocycles. The number of aryl methyl sites for hydroxylation is 1. The topological polar surface area (TPSA) is 49.4 Å². The van der Waals surface area contributed by atoms with Crippen LogP contribution in [0.15, 0.2) is 54.6 Å². The number of ketones is 1. The summed E-state index contributed by atoms with van der Waals surface area (Å²) in [5, 5.41) is 2.95. The highest BCUT2D eigenvalue weighted by molar-refractivity contribution is 5.99. The number of benzene rings is 2. The zero-order valence-electron chi connectivity index (χ0n) is 16.6. The first-order valence-corrected chi connectivity index (χ1v) is 10.2. The van der Waals surface area contributed by atoms with Crippen LogP contribution in [0, 0.1) is 12.8 Å². The SMILES string of the molecule is Cc1ccc([C@H]2C[C@@H]3CC[C@H]([C@H]2C(=O)NCC(=O)c2ccccc2)N3C)cc1. The van der Waals surface area contributed by atoms with E-state index in [-0.39, 0.29) is 36.1 Å². The third-order valence-corrected chi connectivity index (χ3v) is 6.60. The van der Waals surface area contributed by atoms with E-state index in [0.717, 1.165) is 19.3 Å². The number of nitrogens with zero attached hydrogens (tertiary/aromatic N) is 1. The molecule has 0 spiro atoms. The lowest BCUT2D eigenvalue weighted by molar-refractivity contribution is -0.129. The Bertz CT molecular complexity index is 847. The second-order valence-electron chi connectivity index (χ2n) is 8.25. The van der Waals surface area contributed by atoms with Gasteiger partial charge in [0, 0.05) is 17.6 Å². The van der Waals surface area contributed by atoms with Crippen LogP contribution in [0.2, 0.25) is 0 Å². The number of rotatable bonds is 5. The lowest BCUT2D eigenvalue weighted by Crippen LogP contribution is -2.52. The highest BCUT2D eigenvalue weighted by Gasteiger charge is 2.48. The van der Waals surface area contributed by atoms with Crippen molar-refractivity contribution in [3.8, 4) is 0 Å². The zero-order valence-corrected chi connectivity index (χ0v) is 16.6. The molecule has 2 aromatic rings. The smallest absolute Gasteiger partial charge is 0.225 e. The van der Waals surface area contributed by atoms with Crippen LogP contribution in [0.4, 0.5) is 0 Å². The lowest BCUT2D eigenvalue weighted by Gasteiger charge is -2.42. The molecular formula is C24H28N2O2. The van der Waals surface area contributed by atoms with Gasteiger partial charge in [0.2, 0.25) is 5.91 Å². The van der Waals surface area contributed by atoms with Crippen molar-refractivity contribution >= 4 is 11.7 Å². The van der Waals surface area contributed by atoms with Gasteiger partial charge in [0.25, 0.3) is 0 Å². The van der Waals surface area contributed by atoms with Gasteiger partial charge in [0.1, 0.15) is 0 Å². The summed E-state index contributed by atoms with van der Waals surface area (Å²) in [4.78, 5) is 28.0. The average molecular weight is 377 g/mol. The normalized spacial score (nSPS) is 26.8. The fourth-order valence-electron chi connectivity index (χ4n) is 4.99. The van der Waals surface area contributed by atoms with Gasteiger partial charge >= 0.3 is 0 Å². The highest BCUT2D eigenvalue weighted by atomic mass is 16.2. The molecule has 4 heteroatoms. The first kappa shape index (κ1) is 18.9. The standard InChI is InChI=1S/C24H28N2O2/c1-16-8-10-17(11-9-16)20-14-19-12-13-21(26(19)2)23(20)24(28)25-15-22(27)18-6-4-3-5-7-18/h3-11,19-21,23H,12-15H2,1-2H3,(H,25,28)/t19-,20+,21+,23-/m0/s1. The summed E-state index contributed by atoms with van der Waals surface area (Å²) in [6.07, 6.45) is 3.20. The van der Waals surface area contributed by atoms with E-state index >= 15 is 0 Å². The van der Waals surface area contributed by atoms with Gasteiger partial charge in [-0.1, -0.05) is 60.2 Å². The molecule has 2 heterocycles. The molecule has 0 aromatic heterocycles. The van der Waals surface area contributed by atoms with E-state index in [1.54, 1.807) is 12.1 Å². The predicted octanol–water partition coefficient (Wildman–Crippen LogP) is 3.56. The molecular weight excluding hydrogens is 348 g/mol. The molecule has 146 valence electrons. The van der Waals surface area contributed by atoms with Gasteiger partial charge in [0.15, 0.2) is 5.78 Å². The van der Waals surface area contributed by atoms with Gasteiger partial charge in [-0.15, -0.1) is 0 Å². The second-order valence-corrected chi connectivity index (χ2v) is 8.25. The van der Waals surface area contributed by atoms with E-state index < -0.39 is 0 Å². The fraction of sp³-hybridized carbons (Fsp3) is 0.417. The number of piperidine rings is 1. The first-order valence-electron chi connectivity index (χ1n) is 10.2. The monoisotopic (exact) mass is 376 g/mol. The van der Waals surface area contributed by atoms with Crippen molar-refractivity contribution in [2.24, 2.45) is 5.92 Å². The van der Waals surface area contributed by atoms with Crippen LogP contribution in [0.25, 0.3) is 0 Å². The predicted molar refractivity (Wildman–Crippen MR) is 110 cm³/mol. The highest BCUT2D eigenvalue weighted by Crippen LogP contribution is 2.46. The molecule has 28 heavy (non-hydrogen) atoms. The van der Waals surface area contributed by atoms with Crippen LogP contribution in [0.1, 0.15) is 46.7 Å². The molecule has 4 nitrogen and oxygen atoms in total. The molecule has 2 fully saturated rings. The number of hydrogen-bond acceptors (Lipinski definition) is 3. The van der Waals surface area contributed by atoms with Crippen LogP contribution in [0.5, 0.6) is 0 Å². The molecule has 2 aliphatic rings. The van der Waals surface area contributed by atoms with Crippen molar-refractivity contribution in [1.82, 2.24) is 10.2 Å². The molecule has 4 rings (SSSR count). The van der Waals surface area contributed by atoms with Gasteiger partial charge in [-0.05, 0) is 44.7 Å². The van der Waals surface area contributed by atoms with E-state index in [1.807, 2.05) is 18.2 Å². The molecule has 2 saturated heterocycles. The Kier molecular flexibility index (Phi) is 5.31. The van der Waals surface area contributed by atoms with Crippen LogP contribution in [0.3, 0.4) is 0 Å². The van der Waals surface area contributed by atoms with Crippen molar-refractivity contribution in [3.05, 3.63) is 71.3 Å². The molecule has 1 amide bonds. The third-order valence-electron chi connectivity index (χ3n) is 6.60. The summed E-state index contributed by atoms with van der Waals surface area (Å²) in [6.45, 7) is 2.14. The Morgan fingerprint density at radius 2 is 1.75 bits per heavy atom. The number of Topliss-reactive ketones (excluding diaryl/α,β-unsaturated/α-hetero) is 1. The number of carbonyl (C=O) groups excluding carboxylic acids is 2. The number of nitrogens with one attached hydrogen (secondary N) is 1. The number of fused-ring (bicyclic) bond motifs is 2. The summed E-state index contributed by atoms with van der Waals surface area (Å²) in [7, 11) is 2.14. The quantitative estimate of drug-likeness (QED) is 0.812. The number of amides is 1. The van der Waals surface area contributed by atoms with E-state index in [9.17, 15) is 9.59 Å². The first-order chi connectivity index (χ1) is 13.5. The summed E-state index contributed by atoms with van der Waals surface area (Å²) in [6, 6.07) is 18.5. The van der Waals surface area contributed by atoms with Crippen molar-refractivity contribution in [2.75, 3.05) is 13.6 Å². The van der Waals surface area contributed by atoms with E-state index in [4.69, 9.17) is 0 Å². The molecule has 2 bridgehead atoms. The Balaban J connectivity index is 1.52. The van der Waals surface area contributed by atoms with Gasteiger partial charge < -0.3 is 5.32 Å². The van der Waals surface area contributed by atoms with Crippen molar-refractivity contribution in [3.63, 3.8) is 0 Å². The average Bonchev–Trinajstić information content (AvgIpc) is 2.95. The second kappa shape index (κ2) is 7.88. The molecule has 0 radical (unpaired) electrons. The summed E-state index contributed by atoms with van der Waals surface area (Å²) in [5.41, 5.74) is 3.11. The van der Waals surface area contributed by atoms with Crippen molar-refractivity contribution in [1.29, 1.82) is 0 Å². The Labute approximate surface area is 166 Å². The van der Waals surface area contributed by atoms with Gasteiger partial charge in [-0.3, -0.25) is 14.5 Å². The van der Waals surface area contributed by atoms with E-state index in [1.165, 1.54) is 11.1 Å². The van der Waals surface area contributed by atoms with Crippen LogP contribution >= 0.6 is 0 Å². The molecule has 0 saturated carbocycles. The molecule has 1 N–H and O–H groups in total. The Morgan fingerprint density at radius 3 is 2.46 bits per heavy atom. The molecule has 4 atom stereocenters. The van der Waals surface area contributed by atoms with Gasteiger partial charge in [-0.25, -0.2) is 0 Å². The molecule has 2 aromatic carbocycles. The molecule has 0 aliphatic carbocycles. The summed E-state index contributed by atoms with van der Waals surface area (Å²) in [5.74, 6) is 0.0533. The largest absolute Gasteiger partial charge is 0.348 e. The fourth-order valence-corrected chi connectivity index (χ4v) is 4.99. The maximum atomic E-state index is 13.2. The number of carbonyl (C=O) groups is 2. The van der Waals surface area contributed by atoms with Crippen LogP contribution < -0.4 is 5.32 Å². The van der Waals surface area contributed by atoms with Crippen LogP contribution in [-0.4, -0.2) is 42.3 Å².